The Morgan fingerprint density at radius 1 is 1.47 bits per heavy atom. The number of hydrogen-bond acceptors (Lipinski definition) is 3. The van der Waals surface area contributed by atoms with Crippen LogP contribution in [0.4, 0.5) is 5.69 Å². The van der Waals surface area contributed by atoms with Crippen molar-refractivity contribution in [3.05, 3.63) is 39.9 Å². The standard InChI is InChI=1S/C11H16N2O2/c1-3-8-12-9(2)10-6-4-5-7-11(10)13(14)15/h4-7,9,12H,3,8H2,1-2H3. The van der Waals surface area contributed by atoms with Crippen LogP contribution in [-0.4, -0.2) is 11.5 Å². The fourth-order valence-electron chi connectivity index (χ4n) is 1.49. The predicted octanol–water partition coefficient (Wildman–Crippen LogP) is 2.66. The zero-order valence-corrected chi connectivity index (χ0v) is 9.06. The molecular formula is C11H16N2O2. The molecule has 0 heterocycles. The molecule has 1 unspecified atom stereocenters. The number of hydrogen-bond donors (Lipinski definition) is 1. The van der Waals surface area contributed by atoms with Crippen LogP contribution >= 0.6 is 0 Å². The third-order valence-electron chi connectivity index (χ3n) is 2.30. The Kier molecular flexibility index (Phi) is 4.24. The summed E-state index contributed by atoms with van der Waals surface area (Å²) < 4.78 is 0. The normalized spacial score (nSPS) is 12.4. The van der Waals surface area contributed by atoms with Gasteiger partial charge in [-0.3, -0.25) is 10.1 Å². The molecule has 1 aromatic carbocycles. The van der Waals surface area contributed by atoms with E-state index in [2.05, 4.69) is 12.2 Å². The number of rotatable bonds is 5. The topological polar surface area (TPSA) is 55.2 Å². The van der Waals surface area contributed by atoms with Crippen molar-refractivity contribution in [3.8, 4) is 0 Å². The lowest BCUT2D eigenvalue weighted by Gasteiger charge is -2.13. The summed E-state index contributed by atoms with van der Waals surface area (Å²) in [5.74, 6) is 0. The van der Waals surface area contributed by atoms with Crippen LogP contribution in [0.2, 0.25) is 0 Å². The first-order valence-corrected chi connectivity index (χ1v) is 5.13. The Morgan fingerprint density at radius 2 is 2.13 bits per heavy atom. The maximum atomic E-state index is 10.8. The molecule has 15 heavy (non-hydrogen) atoms. The zero-order valence-electron chi connectivity index (χ0n) is 9.06. The van der Waals surface area contributed by atoms with E-state index < -0.39 is 0 Å². The zero-order chi connectivity index (χ0) is 11.3. The first-order chi connectivity index (χ1) is 7.16. The smallest absolute Gasteiger partial charge is 0.274 e. The van der Waals surface area contributed by atoms with Crippen molar-refractivity contribution in [2.75, 3.05) is 6.54 Å². The van der Waals surface area contributed by atoms with E-state index in [9.17, 15) is 10.1 Å². The quantitative estimate of drug-likeness (QED) is 0.597. The van der Waals surface area contributed by atoms with Crippen molar-refractivity contribution in [1.82, 2.24) is 5.32 Å². The Balaban J connectivity index is 2.87. The first kappa shape index (κ1) is 11.7. The molecule has 1 aromatic rings. The lowest BCUT2D eigenvalue weighted by Crippen LogP contribution is -2.20. The molecule has 4 heteroatoms. The molecule has 0 saturated heterocycles. The van der Waals surface area contributed by atoms with Crippen LogP contribution < -0.4 is 5.32 Å². The summed E-state index contributed by atoms with van der Waals surface area (Å²) in [7, 11) is 0. The van der Waals surface area contributed by atoms with E-state index in [0.717, 1.165) is 18.5 Å². The molecule has 0 spiro atoms. The highest BCUT2D eigenvalue weighted by Gasteiger charge is 2.16. The van der Waals surface area contributed by atoms with Gasteiger partial charge < -0.3 is 5.32 Å². The van der Waals surface area contributed by atoms with Gasteiger partial charge in [0.15, 0.2) is 0 Å². The third-order valence-corrected chi connectivity index (χ3v) is 2.30. The molecule has 0 radical (unpaired) electrons. The van der Waals surface area contributed by atoms with Gasteiger partial charge >= 0.3 is 0 Å². The molecule has 0 aliphatic carbocycles. The van der Waals surface area contributed by atoms with Gasteiger partial charge in [-0.05, 0) is 19.9 Å². The monoisotopic (exact) mass is 208 g/mol. The van der Waals surface area contributed by atoms with Gasteiger partial charge in [0.2, 0.25) is 0 Å². The van der Waals surface area contributed by atoms with Gasteiger partial charge in [-0.1, -0.05) is 25.1 Å². The summed E-state index contributed by atoms with van der Waals surface area (Å²) in [6, 6.07) is 6.87. The van der Waals surface area contributed by atoms with E-state index in [4.69, 9.17) is 0 Å². The van der Waals surface area contributed by atoms with Crippen molar-refractivity contribution in [3.63, 3.8) is 0 Å². The highest BCUT2D eigenvalue weighted by Crippen LogP contribution is 2.24. The number of para-hydroxylation sites is 1. The van der Waals surface area contributed by atoms with Crippen LogP contribution in [0.15, 0.2) is 24.3 Å². The SMILES string of the molecule is CCCNC(C)c1ccccc1[N+](=O)[O-]. The first-order valence-electron chi connectivity index (χ1n) is 5.13. The highest BCUT2D eigenvalue weighted by atomic mass is 16.6. The molecule has 0 aromatic heterocycles. The van der Waals surface area contributed by atoms with E-state index >= 15 is 0 Å². The minimum atomic E-state index is -0.334. The molecule has 0 bridgehead atoms. The van der Waals surface area contributed by atoms with Gasteiger partial charge in [0, 0.05) is 17.7 Å². The van der Waals surface area contributed by atoms with Gasteiger partial charge in [-0.2, -0.15) is 0 Å². The van der Waals surface area contributed by atoms with Crippen molar-refractivity contribution >= 4 is 5.69 Å². The molecule has 0 fully saturated rings. The van der Waals surface area contributed by atoms with E-state index in [1.807, 2.05) is 13.0 Å². The number of nitro groups is 1. The van der Waals surface area contributed by atoms with Crippen molar-refractivity contribution in [2.24, 2.45) is 0 Å². The van der Waals surface area contributed by atoms with Crippen LogP contribution in [0.3, 0.4) is 0 Å². The van der Waals surface area contributed by atoms with Crippen LogP contribution in [0, 0.1) is 10.1 Å². The largest absolute Gasteiger partial charge is 0.310 e. The number of benzene rings is 1. The van der Waals surface area contributed by atoms with Gasteiger partial charge in [0.1, 0.15) is 0 Å². The lowest BCUT2D eigenvalue weighted by molar-refractivity contribution is -0.385. The van der Waals surface area contributed by atoms with Gasteiger partial charge in [-0.15, -0.1) is 0 Å². The van der Waals surface area contributed by atoms with Crippen molar-refractivity contribution in [2.45, 2.75) is 26.3 Å². The maximum Gasteiger partial charge on any atom is 0.274 e. The molecule has 1 rings (SSSR count). The second-order valence-electron chi connectivity index (χ2n) is 3.49. The summed E-state index contributed by atoms with van der Waals surface area (Å²) in [6.45, 7) is 4.88. The van der Waals surface area contributed by atoms with Gasteiger partial charge in [0.25, 0.3) is 5.69 Å². The number of nitrogens with one attached hydrogen (secondary N) is 1. The van der Waals surface area contributed by atoms with Crippen LogP contribution in [0.5, 0.6) is 0 Å². The van der Waals surface area contributed by atoms with E-state index in [1.54, 1.807) is 18.2 Å². The van der Waals surface area contributed by atoms with E-state index in [1.165, 1.54) is 0 Å². The molecule has 0 aliphatic rings. The fraction of sp³-hybridized carbons (Fsp3) is 0.455. The summed E-state index contributed by atoms with van der Waals surface area (Å²) in [6.07, 6.45) is 1.02. The van der Waals surface area contributed by atoms with Gasteiger partial charge in [-0.25, -0.2) is 0 Å². The van der Waals surface area contributed by atoms with Crippen molar-refractivity contribution < 1.29 is 4.92 Å². The number of nitro benzene ring substituents is 1. The van der Waals surface area contributed by atoms with Crippen molar-refractivity contribution in [1.29, 1.82) is 0 Å². The predicted molar refractivity (Wildman–Crippen MR) is 59.8 cm³/mol. The molecule has 0 aliphatic heterocycles. The summed E-state index contributed by atoms with van der Waals surface area (Å²) in [5, 5.41) is 14.0. The fourth-order valence-corrected chi connectivity index (χ4v) is 1.49. The average molecular weight is 208 g/mol. The van der Waals surface area contributed by atoms with Gasteiger partial charge in [0.05, 0.1) is 4.92 Å². The maximum absolute atomic E-state index is 10.8. The van der Waals surface area contributed by atoms with E-state index in [0.29, 0.717) is 0 Å². The molecule has 1 atom stereocenters. The summed E-state index contributed by atoms with van der Waals surface area (Å²) >= 11 is 0. The second-order valence-corrected chi connectivity index (χ2v) is 3.49. The minimum absolute atomic E-state index is 0.0200. The Bertz CT molecular complexity index is 339. The third kappa shape index (κ3) is 3.02. The molecule has 1 N–H and O–H groups in total. The van der Waals surface area contributed by atoms with Crippen LogP contribution in [-0.2, 0) is 0 Å². The molecule has 0 amide bonds. The Morgan fingerprint density at radius 3 is 2.73 bits per heavy atom. The van der Waals surface area contributed by atoms with Crippen LogP contribution in [0.1, 0.15) is 31.9 Å². The van der Waals surface area contributed by atoms with Crippen LogP contribution in [0.25, 0.3) is 0 Å². The lowest BCUT2D eigenvalue weighted by atomic mass is 10.1. The Hall–Kier alpha value is -1.42. The van der Waals surface area contributed by atoms with E-state index in [-0.39, 0.29) is 16.7 Å². The summed E-state index contributed by atoms with van der Waals surface area (Å²) in [4.78, 5) is 10.4. The highest BCUT2D eigenvalue weighted by molar-refractivity contribution is 5.41. The Labute approximate surface area is 89.5 Å². The number of nitrogens with zero attached hydrogens (tertiary/aromatic N) is 1. The molecular weight excluding hydrogens is 192 g/mol. The molecule has 0 saturated carbocycles. The average Bonchev–Trinajstić information content (AvgIpc) is 2.25. The molecule has 4 nitrogen and oxygen atoms in total. The molecule has 82 valence electrons. The summed E-state index contributed by atoms with van der Waals surface area (Å²) in [5.41, 5.74) is 0.935. The minimum Gasteiger partial charge on any atom is -0.310 e. The second kappa shape index (κ2) is 5.46.